The van der Waals surface area contributed by atoms with Gasteiger partial charge in [0.2, 0.25) is 0 Å². The summed E-state index contributed by atoms with van der Waals surface area (Å²) in [5.74, 6) is -1.71. The number of amides is 1. The molecule has 1 atom stereocenters. The molecule has 1 saturated heterocycles. The first-order valence-electron chi connectivity index (χ1n) is 10.9. The highest BCUT2D eigenvalue weighted by molar-refractivity contribution is 7.22. The van der Waals surface area contributed by atoms with Gasteiger partial charge in [-0.3, -0.25) is 14.5 Å². The molecule has 3 heterocycles. The molecule has 1 aliphatic rings. The molecule has 0 radical (unpaired) electrons. The summed E-state index contributed by atoms with van der Waals surface area (Å²) in [5, 5.41) is 13.1. The first-order chi connectivity index (χ1) is 16.9. The third-order valence-electron chi connectivity index (χ3n) is 6.19. The topological polar surface area (TPSA) is 86.3 Å². The number of benzene rings is 3. The molecular formula is C27H18ClN3O3S. The van der Waals surface area contributed by atoms with Gasteiger partial charge in [-0.1, -0.05) is 71.0 Å². The molecule has 3 aromatic carbocycles. The highest BCUT2D eigenvalue weighted by Gasteiger charge is 2.48. The van der Waals surface area contributed by atoms with Crippen LogP contribution in [0.25, 0.3) is 26.9 Å². The molecule has 35 heavy (non-hydrogen) atoms. The number of anilines is 1. The molecular weight excluding hydrogens is 482 g/mol. The first kappa shape index (κ1) is 21.6. The molecule has 2 N–H and O–H groups in total. The highest BCUT2D eigenvalue weighted by Crippen LogP contribution is 2.45. The fourth-order valence-corrected chi connectivity index (χ4v) is 5.86. The molecule has 0 bridgehead atoms. The van der Waals surface area contributed by atoms with Crippen LogP contribution in [-0.4, -0.2) is 26.8 Å². The van der Waals surface area contributed by atoms with Gasteiger partial charge < -0.3 is 10.1 Å². The van der Waals surface area contributed by atoms with Crippen LogP contribution in [0.3, 0.4) is 0 Å². The minimum atomic E-state index is -0.834. The monoisotopic (exact) mass is 499 g/mol. The number of aryl methyl sites for hydroxylation is 1. The van der Waals surface area contributed by atoms with Crippen molar-refractivity contribution in [1.29, 1.82) is 0 Å². The number of carbonyl (C=O) groups is 2. The lowest BCUT2D eigenvalue weighted by molar-refractivity contribution is -0.132. The van der Waals surface area contributed by atoms with Crippen LogP contribution >= 0.6 is 22.9 Å². The summed E-state index contributed by atoms with van der Waals surface area (Å²) in [6, 6.07) is 19.5. The number of Topliss-reactive ketones (excluding diaryl/α,β-unsaturated/α-hetero) is 1. The van der Waals surface area contributed by atoms with Gasteiger partial charge in [0.15, 0.2) is 5.13 Å². The Hall–Kier alpha value is -3.94. The number of thiazole rings is 1. The summed E-state index contributed by atoms with van der Waals surface area (Å²) in [7, 11) is 0. The van der Waals surface area contributed by atoms with Gasteiger partial charge in [-0.25, -0.2) is 4.98 Å². The van der Waals surface area contributed by atoms with Crippen molar-refractivity contribution in [3.63, 3.8) is 0 Å². The van der Waals surface area contributed by atoms with Crippen molar-refractivity contribution in [2.75, 3.05) is 4.90 Å². The Kier molecular flexibility index (Phi) is 4.98. The summed E-state index contributed by atoms with van der Waals surface area (Å²) in [6.07, 6.45) is 1.65. The number of rotatable bonds is 3. The number of ketones is 1. The van der Waals surface area contributed by atoms with Crippen LogP contribution in [0.1, 0.15) is 22.7 Å². The van der Waals surface area contributed by atoms with Gasteiger partial charge in [0, 0.05) is 27.7 Å². The van der Waals surface area contributed by atoms with Gasteiger partial charge >= 0.3 is 5.91 Å². The molecule has 172 valence electrons. The number of aliphatic hydroxyl groups excluding tert-OH is 1. The number of halogens is 1. The van der Waals surface area contributed by atoms with E-state index in [-0.39, 0.29) is 11.3 Å². The van der Waals surface area contributed by atoms with Crippen LogP contribution in [0.4, 0.5) is 5.13 Å². The number of aliphatic hydroxyl groups is 1. The van der Waals surface area contributed by atoms with E-state index in [1.165, 1.54) is 16.2 Å². The molecule has 1 amide bonds. The third kappa shape index (κ3) is 3.43. The SMILES string of the molecule is Cc1cccc(C2/C(=C(\O)c3c[nH]c4ccccc34)C(=O)C(=O)N2c2nc3ccc(Cl)cc3s2)c1. The molecule has 5 aromatic rings. The summed E-state index contributed by atoms with van der Waals surface area (Å²) in [6.45, 7) is 1.94. The summed E-state index contributed by atoms with van der Waals surface area (Å²) in [4.78, 5) is 36.0. The first-order valence-corrected chi connectivity index (χ1v) is 12.1. The Morgan fingerprint density at radius 2 is 1.91 bits per heavy atom. The van der Waals surface area contributed by atoms with Gasteiger partial charge in [0.25, 0.3) is 5.78 Å². The second-order valence-corrected chi connectivity index (χ2v) is 9.89. The predicted molar refractivity (Wildman–Crippen MR) is 139 cm³/mol. The number of H-pyrrole nitrogens is 1. The molecule has 0 saturated carbocycles. The van der Waals surface area contributed by atoms with Gasteiger partial charge in [-0.05, 0) is 36.8 Å². The minimum absolute atomic E-state index is 0.0302. The van der Waals surface area contributed by atoms with Gasteiger partial charge in [0.05, 0.1) is 21.8 Å². The van der Waals surface area contributed by atoms with Crippen molar-refractivity contribution in [3.8, 4) is 0 Å². The summed E-state index contributed by atoms with van der Waals surface area (Å²) in [5.41, 5.74) is 3.67. The molecule has 1 aliphatic heterocycles. The zero-order valence-electron chi connectivity index (χ0n) is 18.4. The highest BCUT2D eigenvalue weighted by atomic mass is 35.5. The number of aromatic nitrogens is 2. The molecule has 0 spiro atoms. The third-order valence-corrected chi connectivity index (χ3v) is 7.44. The van der Waals surface area contributed by atoms with E-state index in [9.17, 15) is 14.7 Å². The van der Waals surface area contributed by atoms with Crippen LogP contribution in [0.5, 0.6) is 0 Å². The van der Waals surface area contributed by atoms with Crippen LogP contribution in [-0.2, 0) is 9.59 Å². The average molecular weight is 500 g/mol. The van der Waals surface area contributed by atoms with Crippen LogP contribution in [0, 0.1) is 6.92 Å². The second-order valence-electron chi connectivity index (χ2n) is 8.44. The Balaban J connectivity index is 1.60. The molecule has 2 aromatic heterocycles. The van der Waals surface area contributed by atoms with Gasteiger partial charge in [-0.2, -0.15) is 0 Å². The quantitative estimate of drug-likeness (QED) is 0.172. The fourth-order valence-electron chi connectivity index (χ4n) is 4.59. The number of hydrogen-bond acceptors (Lipinski definition) is 5. The number of nitrogens with zero attached hydrogens (tertiary/aromatic N) is 2. The van der Waals surface area contributed by atoms with Crippen LogP contribution in [0.2, 0.25) is 5.02 Å². The van der Waals surface area contributed by atoms with E-state index < -0.39 is 17.7 Å². The molecule has 1 unspecified atom stereocenters. The number of carbonyl (C=O) groups excluding carboxylic acids is 2. The standard InChI is InChI=1S/C27H18ClN3O3S/c1-14-5-4-6-15(11-14)23-22(24(32)18-13-29-19-8-3-2-7-17(18)19)25(33)26(34)31(23)27-30-20-10-9-16(28)12-21(20)35-27/h2-13,23,29,32H,1H3/b24-22+. The molecule has 6 nitrogen and oxygen atoms in total. The molecule has 0 aliphatic carbocycles. The normalized spacial score (nSPS) is 17.7. The van der Waals surface area contributed by atoms with E-state index in [2.05, 4.69) is 9.97 Å². The van der Waals surface area contributed by atoms with E-state index in [0.29, 0.717) is 26.8 Å². The molecule has 1 fully saturated rings. The average Bonchev–Trinajstić information content (AvgIpc) is 3.53. The lowest BCUT2D eigenvalue weighted by atomic mass is 9.94. The number of fused-ring (bicyclic) bond motifs is 2. The Bertz CT molecular complexity index is 1700. The fraction of sp³-hybridized carbons (Fsp3) is 0.0741. The maximum absolute atomic E-state index is 13.4. The van der Waals surface area contributed by atoms with Crippen molar-refractivity contribution in [3.05, 3.63) is 100 Å². The minimum Gasteiger partial charge on any atom is -0.507 e. The largest absolute Gasteiger partial charge is 0.507 e. The molecule has 6 rings (SSSR count). The number of aromatic amines is 1. The van der Waals surface area contributed by atoms with E-state index >= 15 is 0 Å². The second kappa shape index (κ2) is 8.08. The van der Waals surface area contributed by atoms with E-state index in [4.69, 9.17) is 11.6 Å². The maximum Gasteiger partial charge on any atom is 0.301 e. The van der Waals surface area contributed by atoms with Crippen molar-refractivity contribution in [2.45, 2.75) is 13.0 Å². The van der Waals surface area contributed by atoms with Crippen molar-refractivity contribution in [2.24, 2.45) is 0 Å². The van der Waals surface area contributed by atoms with E-state index in [0.717, 1.165) is 21.2 Å². The Morgan fingerprint density at radius 1 is 1.09 bits per heavy atom. The molecule has 8 heteroatoms. The van der Waals surface area contributed by atoms with Crippen LogP contribution < -0.4 is 4.90 Å². The summed E-state index contributed by atoms with van der Waals surface area (Å²) < 4.78 is 0.800. The Labute approximate surface area is 209 Å². The Morgan fingerprint density at radius 3 is 2.74 bits per heavy atom. The maximum atomic E-state index is 13.4. The number of nitrogens with one attached hydrogen (secondary N) is 1. The van der Waals surface area contributed by atoms with Gasteiger partial charge in [0.1, 0.15) is 5.76 Å². The van der Waals surface area contributed by atoms with E-state index in [1.54, 1.807) is 24.4 Å². The lowest BCUT2D eigenvalue weighted by Gasteiger charge is -2.23. The number of para-hydroxylation sites is 1. The predicted octanol–water partition coefficient (Wildman–Crippen LogP) is 6.37. The van der Waals surface area contributed by atoms with Gasteiger partial charge in [-0.15, -0.1) is 0 Å². The smallest absolute Gasteiger partial charge is 0.301 e. The lowest BCUT2D eigenvalue weighted by Crippen LogP contribution is -2.29. The number of hydrogen-bond donors (Lipinski definition) is 2. The van der Waals surface area contributed by atoms with Crippen molar-refractivity contribution < 1.29 is 14.7 Å². The van der Waals surface area contributed by atoms with E-state index in [1.807, 2.05) is 55.5 Å². The van der Waals surface area contributed by atoms with Crippen molar-refractivity contribution in [1.82, 2.24) is 9.97 Å². The zero-order chi connectivity index (χ0) is 24.3. The zero-order valence-corrected chi connectivity index (χ0v) is 20.0. The van der Waals surface area contributed by atoms with Crippen LogP contribution in [0.15, 0.2) is 78.5 Å². The summed E-state index contributed by atoms with van der Waals surface area (Å²) >= 11 is 7.43. The van der Waals surface area contributed by atoms with Crippen molar-refractivity contribution >= 4 is 66.6 Å².